The van der Waals surface area contributed by atoms with Crippen LogP contribution >= 0.6 is 23.2 Å². The standard InChI is InChI=1S/C13H11Cl2NO2/c1-3-18-13(17)8-4-9-11(16-6-8)5-10(14)7(2)12(9)15/h4-6H,3H2,1-2H3. The molecule has 0 radical (unpaired) electrons. The van der Waals surface area contributed by atoms with E-state index in [1.54, 1.807) is 19.1 Å². The van der Waals surface area contributed by atoms with Crippen molar-refractivity contribution in [1.82, 2.24) is 4.98 Å². The summed E-state index contributed by atoms with van der Waals surface area (Å²) in [6.45, 7) is 3.90. The number of halogens is 2. The molecule has 0 spiro atoms. The summed E-state index contributed by atoms with van der Waals surface area (Å²) in [5.74, 6) is -0.407. The smallest absolute Gasteiger partial charge is 0.339 e. The van der Waals surface area contributed by atoms with Gasteiger partial charge in [-0.1, -0.05) is 23.2 Å². The van der Waals surface area contributed by atoms with Crippen LogP contribution in [0.5, 0.6) is 0 Å². The van der Waals surface area contributed by atoms with Crippen molar-refractivity contribution in [3.63, 3.8) is 0 Å². The third-order valence-electron chi connectivity index (χ3n) is 2.62. The van der Waals surface area contributed by atoms with E-state index >= 15 is 0 Å². The lowest BCUT2D eigenvalue weighted by molar-refractivity contribution is 0.0526. The second kappa shape index (κ2) is 5.12. The van der Waals surface area contributed by atoms with E-state index in [-0.39, 0.29) is 0 Å². The van der Waals surface area contributed by atoms with E-state index in [0.29, 0.717) is 33.1 Å². The highest BCUT2D eigenvalue weighted by atomic mass is 35.5. The molecule has 0 N–H and O–H groups in total. The molecule has 5 heteroatoms. The topological polar surface area (TPSA) is 39.2 Å². The largest absolute Gasteiger partial charge is 0.462 e. The Hall–Kier alpha value is -1.32. The number of rotatable bonds is 2. The van der Waals surface area contributed by atoms with E-state index in [9.17, 15) is 4.79 Å². The summed E-state index contributed by atoms with van der Waals surface area (Å²) in [6.07, 6.45) is 1.46. The van der Waals surface area contributed by atoms with Crippen LogP contribution in [0, 0.1) is 6.92 Å². The highest BCUT2D eigenvalue weighted by Crippen LogP contribution is 2.32. The van der Waals surface area contributed by atoms with E-state index in [4.69, 9.17) is 27.9 Å². The first-order chi connectivity index (χ1) is 8.54. The van der Waals surface area contributed by atoms with E-state index in [1.165, 1.54) is 6.20 Å². The zero-order chi connectivity index (χ0) is 13.3. The van der Waals surface area contributed by atoms with Crippen LogP contribution in [-0.2, 0) is 4.74 Å². The summed E-state index contributed by atoms with van der Waals surface area (Å²) in [4.78, 5) is 15.8. The van der Waals surface area contributed by atoms with Crippen LogP contribution in [0.3, 0.4) is 0 Å². The Morgan fingerprint density at radius 3 is 2.78 bits per heavy atom. The minimum Gasteiger partial charge on any atom is -0.462 e. The normalized spacial score (nSPS) is 10.7. The quantitative estimate of drug-likeness (QED) is 0.782. The number of fused-ring (bicyclic) bond motifs is 1. The molecule has 1 heterocycles. The fraction of sp³-hybridized carbons (Fsp3) is 0.231. The summed E-state index contributed by atoms with van der Waals surface area (Å²) in [7, 11) is 0. The Kier molecular flexibility index (Phi) is 3.73. The van der Waals surface area contributed by atoms with Crippen molar-refractivity contribution in [2.24, 2.45) is 0 Å². The first-order valence-corrected chi connectivity index (χ1v) is 6.21. The highest BCUT2D eigenvalue weighted by molar-refractivity contribution is 6.39. The van der Waals surface area contributed by atoms with E-state index in [2.05, 4.69) is 4.98 Å². The van der Waals surface area contributed by atoms with Gasteiger partial charge < -0.3 is 4.74 Å². The number of hydrogen-bond donors (Lipinski definition) is 0. The lowest BCUT2D eigenvalue weighted by Crippen LogP contribution is -2.05. The zero-order valence-electron chi connectivity index (χ0n) is 9.96. The third kappa shape index (κ3) is 2.28. The number of hydrogen-bond acceptors (Lipinski definition) is 3. The lowest BCUT2D eigenvalue weighted by Gasteiger charge is -2.07. The average Bonchev–Trinajstić information content (AvgIpc) is 2.36. The molecule has 0 fully saturated rings. The number of carbonyl (C=O) groups excluding carboxylic acids is 1. The number of esters is 1. The van der Waals surface area contributed by atoms with Gasteiger partial charge in [0.05, 0.1) is 22.7 Å². The maximum Gasteiger partial charge on any atom is 0.339 e. The summed E-state index contributed by atoms with van der Waals surface area (Å²) < 4.78 is 4.92. The van der Waals surface area contributed by atoms with Gasteiger partial charge in [0.1, 0.15) is 0 Å². The SMILES string of the molecule is CCOC(=O)c1cnc2cc(Cl)c(C)c(Cl)c2c1. The van der Waals surface area contributed by atoms with Crippen molar-refractivity contribution in [2.75, 3.05) is 6.61 Å². The molecule has 0 aliphatic heterocycles. The number of pyridine rings is 1. The van der Waals surface area contributed by atoms with Gasteiger partial charge in [-0.25, -0.2) is 4.79 Å². The number of aromatic nitrogens is 1. The molecule has 0 saturated carbocycles. The highest BCUT2D eigenvalue weighted by Gasteiger charge is 2.12. The van der Waals surface area contributed by atoms with Crippen molar-refractivity contribution in [3.05, 3.63) is 39.5 Å². The summed E-state index contributed by atoms with van der Waals surface area (Å²) in [6, 6.07) is 3.40. The van der Waals surface area contributed by atoms with E-state index in [0.717, 1.165) is 5.56 Å². The minimum absolute atomic E-state index is 0.324. The molecule has 2 aromatic rings. The van der Waals surface area contributed by atoms with Crippen LogP contribution in [0.15, 0.2) is 18.3 Å². The monoisotopic (exact) mass is 283 g/mol. The molecule has 94 valence electrons. The molecular weight excluding hydrogens is 273 g/mol. The predicted octanol–water partition coefficient (Wildman–Crippen LogP) is 4.03. The van der Waals surface area contributed by atoms with Gasteiger partial charge >= 0.3 is 5.97 Å². The Bertz CT molecular complexity index is 626. The van der Waals surface area contributed by atoms with Crippen LogP contribution in [-0.4, -0.2) is 17.6 Å². The Morgan fingerprint density at radius 2 is 2.11 bits per heavy atom. The van der Waals surface area contributed by atoms with Crippen molar-refractivity contribution in [1.29, 1.82) is 0 Å². The molecule has 0 aliphatic carbocycles. The van der Waals surface area contributed by atoms with Gasteiger partial charge in [0, 0.05) is 16.6 Å². The summed E-state index contributed by atoms with van der Waals surface area (Å²) in [5, 5.41) is 1.77. The molecule has 0 atom stereocenters. The van der Waals surface area contributed by atoms with Gasteiger partial charge in [0.2, 0.25) is 0 Å². The molecule has 0 amide bonds. The summed E-state index contributed by atoms with van der Waals surface area (Å²) >= 11 is 12.2. The number of ether oxygens (including phenoxy) is 1. The molecular formula is C13H11Cl2NO2. The first kappa shape index (κ1) is 13.1. The van der Waals surface area contributed by atoms with Gasteiger partial charge in [0.15, 0.2) is 0 Å². The van der Waals surface area contributed by atoms with Crippen LogP contribution in [0.2, 0.25) is 10.0 Å². The molecule has 2 rings (SSSR count). The lowest BCUT2D eigenvalue weighted by atomic mass is 10.1. The minimum atomic E-state index is -0.407. The molecule has 18 heavy (non-hydrogen) atoms. The molecule has 3 nitrogen and oxygen atoms in total. The Morgan fingerprint density at radius 1 is 1.39 bits per heavy atom. The number of nitrogens with zero attached hydrogens (tertiary/aromatic N) is 1. The second-order valence-corrected chi connectivity index (χ2v) is 4.59. The van der Waals surface area contributed by atoms with Crippen LogP contribution in [0.1, 0.15) is 22.8 Å². The average molecular weight is 284 g/mol. The van der Waals surface area contributed by atoms with Crippen LogP contribution < -0.4 is 0 Å². The van der Waals surface area contributed by atoms with Gasteiger partial charge in [-0.15, -0.1) is 0 Å². The van der Waals surface area contributed by atoms with Gasteiger partial charge in [-0.3, -0.25) is 4.98 Å². The van der Waals surface area contributed by atoms with Gasteiger partial charge in [0.25, 0.3) is 0 Å². The summed E-state index contributed by atoms with van der Waals surface area (Å²) in [5.41, 5.74) is 1.81. The number of benzene rings is 1. The molecule has 0 saturated heterocycles. The number of carbonyl (C=O) groups is 1. The fourth-order valence-corrected chi connectivity index (χ4v) is 2.13. The van der Waals surface area contributed by atoms with E-state index < -0.39 is 5.97 Å². The zero-order valence-corrected chi connectivity index (χ0v) is 11.5. The Balaban J connectivity index is 2.61. The van der Waals surface area contributed by atoms with Crippen molar-refractivity contribution in [2.45, 2.75) is 13.8 Å². The molecule has 0 unspecified atom stereocenters. The Labute approximate surface area is 115 Å². The maximum atomic E-state index is 11.6. The fourth-order valence-electron chi connectivity index (χ4n) is 1.63. The third-order valence-corrected chi connectivity index (χ3v) is 3.50. The van der Waals surface area contributed by atoms with Crippen LogP contribution in [0.4, 0.5) is 0 Å². The molecule has 1 aromatic carbocycles. The van der Waals surface area contributed by atoms with Crippen molar-refractivity contribution >= 4 is 40.1 Å². The predicted molar refractivity (Wildman–Crippen MR) is 72.5 cm³/mol. The molecule has 0 aliphatic rings. The van der Waals surface area contributed by atoms with Crippen molar-refractivity contribution < 1.29 is 9.53 Å². The van der Waals surface area contributed by atoms with Gasteiger partial charge in [-0.2, -0.15) is 0 Å². The molecule has 0 bridgehead atoms. The van der Waals surface area contributed by atoms with Crippen LogP contribution in [0.25, 0.3) is 10.9 Å². The van der Waals surface area contributed by atoms with Crippen molar-refractivity contribution in [3.8, 4) is 0 Å². The first-order valence-electron chi connectivity index (χ1n) is 5.46. The van der Waals surface area contributed by atoms with E-state index in [1.807, 2.05) is 6.92 Å². The maximum absolute atomic E-state index is 11.6. The molecule has 1 aromatic heterocycles. The van der Waals surface area contributed by atoms with Gasteiger partial charge in [-0.05, 0) is 31.5 Å². The second-order valence-electron chi connectivity index (χ2n) is 3.81.